The van der Waals surface area contributed by atoms with E-state index in [0.29, 0.717) is 43.1 Å². The van der Waals surface area contributed by atoms with Crippen LogP contribution >= 0.6 is 0 Å². The number of aromatic nitrogens is 5. The van der Waals surface area contributed by atoms with E-state index in [9.17, 15) is 9.90 Å². The van der Waals surface area contributed by atoms with Crippen molar-refractivity contribution in [3.05, 3.63) is 59.3 Å². The molecule has 8 heteroatoms. The van der Waals surface area contributed by atoms with Crippen LogP contribution in [0.4, 0.5) is 0 Å². The molecule has 1 aliphatic heterocycles. The van der Waals surface area contributed by atoms with Crippen LogP contribution in [0.3, 0.4) is 0 Å². The highest BCUT2D eigenvalue weighted by Gasteiger charge is 2.26. The summed E-state index contributed by atoms with van der Waals surface area (Å²) in [5, 5.41) is 18.8. The number of carbonyl (C=O) groups excluding carboxylic acids is 1. The third kappa shape index (κ3) is 3.12. The van der Waals surface area contributed by atoms with Gasteiger partial charge in [-0.2, -0.15) is 10.2 Å². The zero-order valence-electron chi connectivity index (χ0n) is 15.4. The van der Waals surface area contributed by atoms with Crippen LogP contribution in [0.5, 0.6) is 0 Å². The maximum Gasteiger partial charge on any atom is 0.257 e. The van der Waals surface area contributed by atoms with E-state index >= 15 is 0 Å². The van der Waals surface area contributed by atoms with Gasteiger partial charge in [0.2, 0.25) is 0 Å². The van der Waals surface area contributed by atoms with Gasteiger partial charge in [0.1, 0.15) is 0 Å². The van der Waals surface area contributed by atoms with Gasteiger partial charge >= 0.3 is 0 Å². The molecule has 1 amide bonds. The van der Waals surface area contributed by atoms with E-state index in [4.69, 9.17) is 0 Å². The zero-order valence-corrected chi connectivity index (χ0v) is 15.4. The van der Waals surface area contributed by atoms with Crippen molar-refractivity contribution < 1.29 is 9.90 Å². The topological polar surface area (TPSA) is 89.1 Å². The van der Waals surface area contributed by atoms with Gasteiger partial charge in [-0.15, -0.1) is 0 Å². The molecule has 0 saturated heterocycles. The number of hydrogen-bond donors (Lipinski definition) is 1. The SMILES string of the molecule is CC[C@@H](O)c1cc2n(n1)CCN(C(=O)c1cnn(-c3ccccn3)c1C)C2. The van der Waals surface area contributed by atoms with Crippen LogP contribution in [0.1, 0.15) is 46.9 Å². The van der Waals surface area contributed by atoms with Gasteiger partial charge in [-0.1, -0.05) is 13.0 Å². The number of carbonyl (C=O) groups is 1. The van der Waals surface area contributed by atoms with Gasteiger partial charge in [0, 0.05) is 12.7 Å². The van der Waals surface area contributed by atoms with Crippen LogP contribution in [-0.4, -0.2) is 47.0 Å². The Hall–Kier alpha value is -3.00. The molecule has 0 aromatic carbocycles. The predicted molar refractivity (Wildman–Crippen MR) is 98.3 cm³/mol. The van der Waals surface area contributed by atoms with Crippen LogP contribution in [0.15, 0.2) is 36.7 Å². The van der Waals surface area contributed by atoms with E-state index in [1.165, 1.54) is 0 Å². The molecule has 3 aromatic rings. The molecule has 0 spiro atoms. The summed E-state index contributed by atoms with van der Waals surface area (Å²) in [5.74, 6) is 0.628. The molecule has 0 bridgehead atoms. The molecule has 0 saturated carbocycles. The van der Waals surface area contributed by atoms with Crippen LogP contribution in [0.2, 0.25) is 0 Å². The maximum atomic E-state index is 13.0. The highest BCUT2D eigenvalue weighted by Crippen LogP contribution is 2.22. The molecule has 4 rings (SSSR count). The Kier molecular flexibility index (Phi) is 4.49. The molecule has 0 fully saturated rings. The Morgan fingerprint density at radius 3 is 2.93 bits per heavy atom. The summed E-state index contributed by atoms with van der Waals surface area (Å²) in [6.45, 7) is 5.45. The molecule has 8 nitrogen and oxygen atoms in total. The monoisotopic (exact) mass is 366 g/mol. The van der Waals surface area contributed by atoms with E-state index in [2.05, 4.69) is 15.2 Å². The first-order valence-electron chi connectivity index (χ1n) is 9.08. The minimum absolute atomic E-state index is 0.0558. The number of nitrogens with zero attached hydrogens (tertiary/aromatic N) is 6. The number of pyridine rings is 1. The van der Waals surface area contributed by atoms with Crippen molar-refractivity contribution in [1.82, 2.24) is 29.4 Å². The molecule has 4 heterocycles. The first kappa shape index (κ1) is 17.4. The number of aliphatic hydroxyl groups is 1. The van der Waals surface area contributed by atoms with Crippen LogP contribution < -0.4 is 0 Å². The lowest BCUT2D eigenvalue weighted by Gasteiger charge is -2.27. The Labute approximate surface area is 157 Å². The molecule has 1 aliphatic rings. The second-order valence-corrected chi connectivity index (χ2v) is 6.68. The van der Waals surface area contributed by atoms with Gasteiger partial charge in [0.25, 0.3) is 5.91 Å². The van der Waals surface area contributed by atoms with Gasteiger partial charge in [-0.05, 0) is 31.5 Å². The summed E-state index contributed by atoms with van der Waals surface area (Å²) in [6, 6.07) is 7.47. The molecule has 0 unspecified atom stereocenters. The number of aliphatic hydroxyl groups excluding tert-OH is 1. The Morgan fingerprint density at radius 1 is 1.33 bits per heavy atom. The normalized spacial score (nSPS) is 14.9. The molecular weight excluding hydrogens is 344 g/mol. The van der Waals surface area contributed by atoms with E-state index in [0.717, 1.165) is 11.4 Å². The van der Waals surface area contributed by atoms with Crippen molar-refractivity contribution in [1.29, 1.82) is 0 Å². The number of amides is 1. The molecule has 1 atom stereocenters. The van der Waals surface area contributed by atoms with Crippen molar-refractivity contribution in [2.75, 3.05) is 6.54 Å². The fraction of sp³-hybridized carbons (Fsp3) is 0.368. The minimum atomic E-state index is -0.564. The average molecular weight is 366 g/mol. The standard InChI is InChI=1S/C19H22N6O2/c1-3-17(26)16-10-14-12-23(8-9-24(14)22-16)19(27)15-11-21-25(13(15)2)18-6-4-5-7-20-18/h4-7,10-11,17,26H,3,8-9,12H2,1-2H3/t17-/m1/s1. The third-order valence-electron chi connectivity index (χ3n) is 4.94. The van der Waals surface area contributed by atoms with Crippen molar-refractivity contribution in [2.24, 2.45) is 0 Å². The van der Waals surface area contributed by atoms with E-state index in [1.807, 2.05) is 42.8 Å². The molecule has 3 aromatic heterocycles. The summed E-state index contributed by atoms with van der Waals surface area (Å²) >= 11 is 0. The average Bonchev–Trinajstić information content (AvgIpc) is 3.30. The molecule has 140 valence electrons. The number of hydrogen-bond acceptors (Lipinski definition) is 5. The van der Waals surface area contributed by atoms with E-state index in [1.54, 1.807) is 22.0 Å². The summed E-state index contributed by atoms with van der Waals surface area (Å²) in [5.41, 5.74) is 2.94. The first-order valence-corrected chi connectivity index (χ1v) is 9.08. The highest BCUT2D eigenvalue weighted by molar-refractivity contribution is 5.95. The van der Waals surface area contributed by atoms with Crippen LogP contribution in [0.25, 0.3) is 5.82 Å². The van der Waals surface area contributed by atoms with Crippen molar-refractivity contribution >= 4 is 5.91 Å². The second-order valence-electron chi connectivity index (χ2n) is 6.68. The van der Waals surface area contributed by atoms with E-state index in [-0.39, 0.29) is 5.91 Å². The van der Waals surface area contributed by atoms with Crippen LogP contribution in [-0.2, 0) is 13.1 Å². The molecule has 1 N–H and O–H groups in total. The first-order chi connectivity index (χ1) is 13.1. The van der Waals surface area contributed by atoms with Gasteiger partial charge in [0.05, 0.1) is 48.0 Å². The van der Waals surface area contributed by atoms with Crippen LogP contribution in [0, 0.1) is 6.92 Å². The van der Waals surface area contributed by atoms with Gasteiger partial charge in [-0.25, -0.2) is 9.67 Å². The Morgan fingerprint density at radius 2 is 2.19 bits per heavy atom. The summed E-state index contributed by atoms with van der Waals surface area (Å²) < 4.78 is 3.55. The minimum Gasteiger partial charge on any atom is -0.387 e. The lowest BCUT2D eigenvalue weighted by Crippen LogP contribution is -2.38. The molecule has 0 radical (unpaired) electrons. The zero-order chi connectivity index (χ0) is 19.0. The Balaban J connectivity index is 1.56. The van der Waals surface area contributed by atoms with Gasteiger partial charge in [0.15, 0.2) is 5.82 Å². The van der Waals surface area contributed by atoms with Crippen molar-refractivity contribution in [3.63, 3.8) is 0 Å². The fourth-order valence-electron chi connectivity index (χ4n) is 3.33. The predicted octanol–water partition coefficient (Wildman–Crippen LogP) is 1.87. The van der Waals surface area contributed by atoms with E-state index < -0.39 is 6.10 Å². The third-order valence-corrected chi connectivity index (χ3v) is 4.94. The molecule has 27 heavy (non-hydrogen) atoms. The summed E-state index contributed by atoms with van der Waals surface area (Å²) in [7, 11) is 0. The van der Waals surface area contributed by atoms with Crippen molar-refractivity contribution in [2.45, 2.75) is 39.5 Å². The van der Waals surface area contributed by atoms with Crippen molar-refractivity contribution in [3.8, 4) is 5.82 Å². The second kappa shape index (κ2) is 6.96. The smallest absolute Gasteiger partial charge is 0.257 e. The number of fused-ring (bicyclic) bond motifs is 1. The summed E-state index contributed by atoms with van der Waals surface area (Å²) in [4.78, 5) is 19.1. The fourth-order valence-corrected chi connectivity index (χ4v) is 3.33. The lowest BCUT2D eigenvalue weighted by molar-refractivity contribution is 0.0705. The van der Waals surface area contributed by atoms with Gasteiger partial charge in [-0.3, -0.25) is 9.48 Å². The number of rotatable bonds is 4. The molecule has 0 aliphatic carbocycles. The lowest BCUT2D eigenvalue weighted by atomic mass is 10.1. The summed E-state index contributed by atoms with van der Waals surface area (Å²) in [6.07, 6.45) is 3.35. The van der Waals surface area contributed by atoms with Gasteiger partial charge < -0.3 is 10.0 Å². The quantitative estimate of drug-likeness (QED) is 0.761. The largest absolute Gasteiger partial charge is 0.387 e. The highest BCUT2D eigenvalue weighted by atomic mass is 16.3. The molecular formula is C19H22N6O2. The Bertz CT molecular complexity index is 962. The maximum absolute atomic E-state index is 13.0.